The highest BCUT2D eigenvalue weighted by Gasteiger charge is 2.35. The molecular formula is C19H15ClN2O4S. The second-order valence-electron chi connectivity index (χ2n) is 5.57. The lowest BCUT2D eigenvalue weighted by atomic mass is 10.1. The molecule has 0 radical (unpaired) electrons. The van der Waals surface area contributed by atoms with E-state index in [0.29, 0.717) is 22.9 Å². The van der Waals surface area contributed by atoms with E-state index in [1.165, 1.54) is 17.0 Å². The normalized spacial score (nSPS) is 15.9. The van der Waals surface area contributed by atoms with Gasteiger partial charge in [0.25, 0.3) is 11.8 Å². The van der Waals surface area contributed by atoms with Gasteiger partial charge in [0, 0.05) is 0 Å². The molecule has 2 aromatic rings. The zero-order valence-corrected chi connectivity index (χ0v) is 15.8. The first-order chi connectivity index (χ1) is 12.9. The van der Waals surface area contributed by atoms with E-state index < -0.39 is 11.8 Å². The summed E-state index contributed by atoms with van der Waals surface area (Å²) in [4.78, 5) is 26.5. The fourth-order valence-corrected chi connectivity index (χ4v) is 3.06. The van der Waals surface area contributed by atoms with Crippen molar-refractivity contribution in [1.29, 1.82) is 0 Å². The number of thiocarbonyl (C=S) groups is 1. The van der Waals surface area contributed by atoms with Crippen LogP contribution in [0.15, 0.2) is 48.0 Å². The molecule has 1 saturated heterocycles. The lowest BCUT2D eigenvalue weighted by Gasteiger charge is -2.29. The molecule has 2 amide bonds. The van der Waals surface area contributed by atoms with Crippen LogP contribution in [0.25, 0.3) is 6.08 Å². The summed E-state index contributed by atoms with van der Waals surface area (Å²) in [7, 11) is 0. The van der Waals surface area contributed by atoms with Crippen LogP contribution in [0.2, 0.25) is 5.02 Å². The molecule has 0 aliphatic carbocycles. The molecule has 6 nitrogen and oxygen atoms in total. The average Bonchev–Trinajstić information content (AvgIpc) is 2.63. The SMILES string of the molecule is CCOc1cc(/C=C2\C(=O)NC(=S)N(c3ccccc3Cl)C2=O)ccc1O. The fraction of sp³-hybridized carbons (Fsp3) is 0.105. The maximum Gasteiger partial charge on any atom is 0.270 e. The lowest BCUT2D eigenvalue weighted by molar-refractivity contribution is -0.122. The number of phenolic OH excluding ortho intramolecular Hbond substituents is 1. The van der Waals surface area contributed by atoms with Crippen molar-refractivity contribution in [2.45, 2.75) is 6.92 Å². The van der Waals surface area contributed by atoms with Crippen molar-refractivity contribution in [2.75, 3.05) is 11.5 Å². The van der Waals surface area contributed by atoms with E-state index in [-0.39, 0.29) is 22.2 Å². The predicted molar refractivity (Wildman–Crippen MR) is 107 cm³/mol. The van der Waals surface area contributed by atoms with Crippen molar-refractivity contribution in [3.8, 4) is 11.5 Å². The van der Waals surface area contributed by atoms with Gasteiger partial charge in [0.15, 0.2) is 16.6 Å². The highest BCUT2D eigenvalue weighted by atomic mass is 35.5. The molecule has 0 unspecified atom stereocenters. The van der Waals surface area contributed by atoms with Gasteiger partial charge in [-0.05, 0) is 55.0 Å². The van der Waals surface area contributed by atoms with Crippen LogP contribution in [0, 0.1) is 0 Å². The van der Waals surface area contributed by atoms with Crippen LogP contribution < -0.4 is 15.0 Å². The first-order valence-corrected chi connectivity index (χ1v) is 8.82. The Morgan fingerprint density at radius 2 is 2.00 bits per heavy atom. The maximum atomic E-state index is 13.0. The molecule has 0 aromatic heterocycles. The van der Waals surface area contributed by atoms with Crippen molar-refractivity contribution in [3.05, 3.63) is 58.6 Å². The van der Waals surface area contributed by atoms with E-state index in [2.05, 4.69) is 5.32 Å². The second-order valence-corrected chi connectivity index (χ2v) is 6.36. The summed E-state index contributed by atoms with van der Waals surface area (Å²) in [6.45, 7) is 2.15. The Balaban J connectivity index is 2.02. The Morgan fingerprint density at radius 1 is 1.26 bits per heavy atom. The van der Waals surface area contributed by atoms with Gasteiger partial charge >= 0.3 is 0 Å². The largest absolute Gasteiger partial charge is 0.504 e. The van der Waals surface area contributed by atoms with Gasteiger partial charge in [-0.25, -0.2) is 0 Å². The first kappa shape index (κ1) is 18.9. The predicted octanol–water partition coefficient (Wildman–Crippen LogP) is 3.28. The molecule has 0 spiro atoms. The highest BCUT2D eigenvalue weighted by molar-refractivity contribution is 7.80. The molecule has 2 aromatic carbocycles. The fourth-order valence-electron chi connectivity index (χ4n) is 2.57. The highest BCUT2D eigenvalue weighted by Crippen LogP contribution is 2.30. The molecule has 8 heteroatoms. The van der Waals surface area contributed by atoms with Crippen LogP contribution in [0.4, 0.5) is 5.69 Å². The number of amides is 2. The number of nitrogens with zero attached hydrogens (tertiary/aromatic N) is 1. The van der Waals surface area contributed by atoms with Gasteiger partial charge in [0.2, 0.25) is 0 Å². The number of para-hydroxylation sites is 1. The van der Waals surface area contributed by atoms with E-state index in [9.17, 15) is 14.7 Å². The van der Waals surface area contributed by atoms with Crippen LogP contribution in [0.5, 0.6) is 11.5 Å². The van der Waals surface area contributed by atoms with E-state index in [1.54, 1.807) is 43.3 Å². The Labute approximate surface area is 166 Å². The van der Waals surface area contributed by atoms with Crippen LogP contribution in [-0.2, 0) is 9.59 Å². The number of phenols is 1. The zero-order valence-electron chi connectivity index (χ0n) is 14.2. The summed E-state index contributed by atoms with van der Waals surface area (Å²) < 4.78 is 5.33. The van der Waals surface area contributed by atoms with Gasteiger partial charge in [0.1, 0.15) is 5.57 Å². The maximum absolute atomic E-state index is 13.0. The minimum Gasteiger partial charge on any atom is -0.504 e. The van der Waals surface area contributed by atoms with Gasteiger partial charge < -0.3 is 9.84 Å². The number of halogens is 1. The van der Waals surface area contributed by atoms with Crippen molar-refractivity contribution in [3.63, 3.8) is 0 Å². The zero-order chi connectivity index (χ0) is 19.6. The van der Waals surface area contributed by atoms with E-state index in [0.717, 1.165) is 0 Å². The van der Waals surface area contributed by atoms with Crippen LogP contribution >= 0.6 is 23.8 Å². The van der Waals surface area contributed by atoms with Gasteiger partial charge in [-0.3, -0.25) is 19.8 Å². The minimum absolute atomic E-state index is 0.0303. The topological polar surface area (TPSA) is 78.9 Å². The number of rotatable bonds is 4. The van der Waals surface area contributed by atoms with Crippen LogP contribution in [0.1, 0.15) is 12.5 Å². The number of carbonyl (C=O) groups excluding carboxylic acids is 2. The third-order valence-corrected chi connectivity index (χ3v) is 4.39. The molecule has 0 saturated carbocycles. The Hall–Kier alpha value is -2.90. The van der Waals surface area contributed by atoms with Crippen molar-refractivity contribution in [2.24, 2.45) is 0 Å². The van der Waals surface area contributed by atoms with E-state index in [1.807, 2.05) is 0 Å². The van der Waals surface area contributed by atoms with E-state index in [4.69, 9.17) is 28.6 Å². The third-order valence-electron chi connectivity index (χ3n) is 3.79. The summed E-state index contributed by atoms with van der Waals surface area (Å²) in [6.07, 6.45) is 1.41. The number of benzene rings is 2. The van der Waals surface area contributed by atoms with Gasteiger partial charge in [-0.2, -0.15) is 0 Å². The van der Waals surface area contributed by atoms with E-state index >= 15 is 0 Å². The Bertz CT molecular complexity index is 974. The number of nitrogens with one attached hydrogen (secondary N) is 1. The quantitative estimate of drug-likeness (QED) is 0.466. The standard InChI is InChI=1S/C19H15ClN2O4S/c1-2-26-16-10-11(7-8-15(16)23)9-12-17(24)21-19(27)22(18(12)25)14-6-4-3-5-13(14)20/h3-10,23H,2H2,1H3,(H,21,24,27)/b12-9+. The summed E-state index contributed by atoms with van der Waals surface area (Å²) in [5, 5.41) is 12.6. The molecule has 1 aliphatic heterocycles. The summed E-state index contributed by atoms with van der Waals surface area (Å²) in [5.41, 5.74) is 0.777. The van der Waals surface area contributed by atoms with Crippen LogP contribution in [0.3, 0.4) is 0 Å². The van der Waals surface area contributed by atoms with Crippen molar-refractivity contribution >= 4 is 52.5 Å². The summed E-state index contributed by atoms with van der Waals surface area (Å²) >= 11 is 11.3. The minimum atomic E-state index is -0.612. The summed E-state index contributed by atoms with van der Waals surface area (Å²) in [6, 6.07) is 11.2. The average molecular weight is 403 g/mol. The second kappa shape index (κ2) is 7.77. The van der Waals surface area contributed by atoms with Gasteiger partial charge in [-0.1, -0.05) is 29.8 Å². The van der Waals surface area contributed by atoms with Crippen molar-refractivity contribution in [1.82, 2.24) is 5.32 Å². The first-order valence-electron chi connectivity index (χ1n) is 8.04. The Kier molecular flexibility index (Phi) is 5.43. The number of hydrogen-bond donors (Lipinski definition) is 2. The molecule has 1 fully saturated rings. The number of anilines is 1. The molecule has 1 heterocycles. The smallest absolute Gasteiger partial charge is 0.270 e. The molecule has 27 heavy (non-hydrogen) atoms. The molecule has 0 bridgehead atoms. The lowest BCUT2D eigenvalue weighted by Crippen LogP contribution is -2.54. The number of ether oxygens (including phenoxy) is 1. The monoisotopic (exact) mass is 402 g/mol. The van der Waals surface area contributed by atoms with Crippen molar-refractivity contribution < 1.29 is 19.4 Å². The van der Waals surface area contributed by atoms with Gasteiger partial charge in [-0.15, -0.1) is 0 Å². The molecular weight excluding hydrogens is 388 g/mol. The molecule has 1 aliphatic rings. The molecule has 2 N–H and O–H groups in total. The molecule has 138 valence electrons. The van der Waals surface area contributed by atoms with Gasteiger partial charge in [0.05, 0.1) is 17.3 Å². The number of aromatic hydroxyl groups is 1. The number of carbonyl (C=O) groups is 2. The third kappa shape index (κ3) is 3.79. The summed E-state index contributed by atoms with van der Waals surface area (Å²) in [5.74, 6) is -0.978. The van der Waals surface area contributed by atoms with Crippen LogP contribution in [-0.4, -0.2) is 28.6 Å². The number of hydrogen-bond acceptors (Lipinski definition) is 5. The molecule has 3 rings (SSSR count). The Morgan fingerprint density at radius 3 is 2.70 bits per heavy atom. The molecule has 0 atom stereocenters.